The van der Waals surface area contributed by atoms with E-state index in [2.05, 4.69) is 0 Å². The van der Waals surface area contributed by atoms with Crippen LogP contribution in [0, 0.1) is 12.8 Å². The van der Waals surface area contributed by atoms with Crippen molar-refractivity contribution in [3.8, 4) is 0 Å². The van der Waals surface area contributed by atoms with Gasteiger partial charge in [0.05, 0.1) is 18.1 Å². The number of aryl methyl sites for hydroxylation is 1. The van der Waals surface area contributed by atoms with E-state index in [0.29, 0.717) is 12.5 Å². The highest BCUT2D eigenvalue weighted by Crippen LogP contribution is 2.16. The molecular weight excluding hydrogens is 224 g/mol. The first-order chi connectivity index (χ1) is 7.75. The van der Waals surface area contributed by atoms with Gasteiger partial charge in [-0.3, -0.25) is 4.79 Å². The number of carbonyl (C=O) groups excluding carboxylic acids is 1. The molecule has 0 aromatic carbocycles. The summed E-state index contributed by atoms with van der Waals surface area (Å²) in [6, 6.07) is 3.83. The molecule has 0 saturated carbocycles. The molecule has 1 fully saturated rings. The molecule has 1 atom stereocenters. The van der Waals surface area contributed by atoms with E-state index in [1.54, 1.807) is 0 Å². The highest BCUT2D eigenvalue weighted by Gasteiger charge is 2.16. The summed E-state index contributed by atoms with van der Waals surface area (Å²) >= 11 is 1.52. The molecule has 1 aromatic rings. The van der Waals surface area contributed by atoms with Crippen molar-refractivity contribution in [2.45, 2.75) is 13.3 Å². The molecule has 16 heavy (non-hydrogen) atoms. The topological polar surface area (TPSA) is 35.5 Å². The van der Waals surface area contributed by atoms with E-state index in [9.17, 15) is 4.79 Å². The average Bonchev–Trinajstić information content (AvgIpc) is 2.89. The Balaban J connectivity index is 1.71. The van der Waals surface area contributed by atoms with Crippen molar-refractivity contribution < 1.29 is 14.3 Å². The van der Waals surface area contributed by atoms with Gasteiger partial charge in [0, 0.05) is 17.4 Å². The van der Waals surface area contributed by atoms with Gasteiger partial charge in [0.15, 0.2) is 5.78 Å². The second-order valence-corrected chi connectivity index (χ2v) is 5.37. The van der Waals surface area contributed by atoms with E-state index in [0.717, 1.165) is 29.4 Å². The Morgan fingerprint density at radius 1 is 1.62 bits per heavy atom. The van der Waals surface area contributed by atoms with Crippen molar-refractivity contribution in [3.05, 3.63) is 21.9 Å². The van der Waals surface area contributed by atoms with Crippen LogP contribution in [0.2, 0.25) is 0 Å². The molecular formula is C12H16O3S. The Bertz CT molecular complexity index is 353. The van der Waals surface area contributed by atoms with Crippen LogP contribution in [-0.4, -0.2) is 32.2 Å². The Kier molecular flexibility index (Phi) is 4.09. The first kappa shape index (κ1) is 11.8. The van der Waals surface area contributed by atoms with Gasteiger partial charge in [-0.1, -0.05) is 0 Å². The highest BCUT2D eigenvalue weighted by atomic mass is 32.1. The number of hydrogen-bond acceptors (Lipinski definition) is 4. The van der Waals surface area contributed by atoms with E-state index in [1.165, 1.54) is 11.3 Å². The number of Topliss-reactive ketones (excluding diaryl/α,β-unsaturated/α-hetero) is 1. The van der Waals surface area contributed by atoms with Crippen molar-refractivity contribution in [2.75, 3.05) is 26.4 Å². The van der Waals surface area contributed by atoms with Gasteiger partial charge in [-0.2, -0.15) is 0 Å². The summed E-state index contributed by atoms with van der Waals surface area (Å²) < 4.78 is 10.7. The predicted octanol–water partition coefficient (Wildman–Crippen LogP) is 2.29. The number of thiophene rings is 1. The third-order valence-electron chi connectivity index (χ3n) is 2.63. The number of carbonyl (C=O) groups is 1. The molecule has 0 amide bonds. The van der Waals surface area contributed by atoms with Crippen LogP contribution in [0.3, 0.4) is 0 Å². The van der Waals surface area contributed by atoms with E-state index in [4.69, 9.17) is 9.47 Å². The number of hydrogen-bond donors (Lipinski definition) is 0. The maximum Gasteiger partial charge on any atom is 0.198 e. The molecule has 1 aliphatic rings. The van der Waals surface area contributed by atoms with Gasteiger partial charge < -0.3 is 9.47 Å². The first-order valence-corrected chi connectivity index (χ1v) is 6.32. The molecule has 0 radical (unpaired) electrons. The first-order valence-electron chi connectivity index (χ1n) is 5.51. The van der Waals surface area contributed by atoms with Gasteiger partial charge >= 0.3 is 0 Å². The Labute approximate surface area is 99.4 Å². The van der Waals surface area contributed by atoms with Crippen molar-refractivity contribution >= 4 is 17.1 Å². The van der Waals surface area contributed by atoms with Crippen molar-refractivity contribution in [1.29, 1.82) is 0 Å². The molecule has 2 rings (SSSR count). The SMILES string of the molecule is Cc1ccc(C(=O)COCC2CCOC2)s1. The minimum atomic E-state index is 0.0806. The summed E-state index contributed by atoms with van der Waals surface area (Å²) in [5.41, 5.74) is 0. The monoisotopic (exact) mass is 240 g/mol. The average molecular weight is 240 g/mol. The molecule has 1 aliphatic heterocycles. The maximum absolute atomic E-state index is 11.7. The molecule has 1 unspecified atom stereocenters. The van der Waals surface area contributed by atoms with Gasteiger partial charge in [0.2, 0.25) is 0 Å². The van der Waals surface area contributed by atoms with Gasteiger partial charge in [0.1, 0.15) is 6.61 Å². The van der Waals surface area contributed by atoms with Crippen LogP contribution in [0.25, 0.3) is 0 Å². The lowest BCUT2D eigenvalue weighted by molar-refractivity contribution is 0.0655. The number of ether oxygens (including phenoxy) is 2. The summed E-state index contributed by atoms with van der Waals surface area (Å²) in [6.07, 6.45) is 1.05. The standard InChI is InChI=1S/C12H16O3S/c1-9-2-3-12(16-9)11(13)8-15-7-10-4-5-14-6-10/h2-3,10H,4-8H2,1H3. The molecule has 0 spiro atoms. The lowest BCUT2D eigenvalue weighted by Gasteiger charge is -2.07. The molecule has 0 N–H and O–H groups in total. The molecule has 2 heterocycles. The lowest BCUT2D eigenvalue weighted by Crippen LogP contribution is -2.14. The molecule has 1 aromatic heterocycles. The summed E-state index contributed by atoms with van der Waals surface area (Å²) in [5.74, 6) is 0.551. The van der Waals surface area contributed by atoms with Crippen LogP contribution in [-0.2, 0) is 9.47 Å². The fourth-order valence-electron chi connectivity index (χ4n) is 1.69. The van der Waals surface area contributed by atoms with E-state index in [1.807, 2.05) is 19.1 Å². The highest BCUT2D eigenvalue weighted by molar-refractivity contribution is 7.14. The van der Waals surface area contributed by atoms with Gasteiger partial charge in [0.25, 0.3) is 0 Å². The van der Waals surface area contributed by atoms with Crippen molar-refractivity contribution in [2.24, 2.45) is 5.92 Å². The zero-order chi connectivity index (χ0) is 11.4. The maximum atomic E-state index is 11.7. The number of ketones is 1. The Morgan fingerprint density at radius 3 is 3.12 bits per heavy atom. The van der Waals surface area contributed by atoms with E-state index >= 15 is 0 Å². The quantitative estimate of drug-likeness (QED) is 0.741. The summed E-state index contributed by atoms with van der Waals surface area (Å²) in [7, 11) is 0. The summed E-state index contributed by atoms with van der Waals surface area (Å²) in [4.78, 5) is 13.6. The van der Waals surface area contributed by atoms with Gasteiger partial charge in [-0.15, -0.1) is 11.3 Å². The van der Waals surface area contributed by atoms with Gasteiger partial charge in [-0.05, 0) is 25.5 Å². The zero-order valence-electron chi connectivity index (χ0n) is 9.40. The van der Waals surface area contributed by atoms with Crippen LogP contribution in [0.4, 0.5) is 0 Å². The lowest BCUT2D eigenvalue weighted by atomic mass is 10.1. The largest absolute Gasteiger partial charge is 0.381 e. The molecule has 0 bridgehead atoms. The molecule has 1 saturated heterocycles. The van der Waals surface area contributed by atoms with Gasteiger partial charge in [-0.25, -0.2) is 0 Å². The van der Waals surface area contributed by atoms with Crippen LogP contribution in [0.5, 0.6) is 0 Å². The van der Waals surface area contributed by atoms with Crippen LogP contribution < -0.4 is 0 Å². The molecule has 0 aliphatic carbocycles. The third-order valence-corrected chi connectivity index (χ3v) is 3.67. The zero-order valence-corrected chi connectivity index (χ0v) is 10.2. The van der Waals surface area contributed by atoms with Crippen LogP contribution in [0.1, 0.15) is 21.0 Å². The summed E-state index contributed by atoms with van der Waals surface area (Å²) in [5, 5.41) is 0. The Morgan fingerprint density at radius 2 is 2.50 bits per heavy atom. The number of rotatable bonds is 5. The fourth-order valence-corrected chi connectivity index (χ4v) is 2.48. The minimum Gasteiger partial charge on any atom is -0.381 e. The second-order valence-electron chi connectivity index (χ2n) is 4.08. The van der Waals surface area contributed by atoms with E-state index in [-0.39, 0.29) is 12.4 Å². The third kappa shape index (κ3) is 3.14. The normalized spacial score (nSPS) is 20.2. The summed E-state index contributed by atoms with van der Waals surface area (Å²) in [6.45, 7) is 4.42. The fraction of sp³-hybridized carbons (Fsp3) is 0.583. The smallest absolute Gasteiger partial charge is 0.198 e. The van der Waals surface area contributed by atoms with E-state index < -0.39 is 0 Å². The van der Waals surface area contributed by atoms with Crippen LogP contribution in [0.15, 0.2) is 12.1 Å². The Hall–Kier alpha value is -0.710. The molecule has 88 valence electrons. The molecule has 3 nitrogen and oxygen atoms in total. The second kappa shape index (κ2) is 5.57. The van der Waals surface area contributed by atoms with Crippen molar-refractivity contribution in [3.63, 3.8) is 0 Å². The predicted molar refractivity (Wildman–Crippen MR) is 63.1 cm³/mol. The van der Waals surface area contributed by atoms with Crippen molar-refractivity contribution in [1.82, 2.24) is 0 Å². The minimum absolute atomic E-state index is 0.0806. The molecule has 4 heteroatoms. The van der Waals surface area contributed by atoms with Crippen LogP contribution >= 0.6 is 11.3 Å².